The van der Waals surface area contributed by atoms with Gasteiger partial charge in [-0.1, -0.05) is 0 Å². The van der Waals surface area contributed by atoms with Crippen LogP contribution in [0.4, 0.5) is 5.69 Å². The zero-order valence-electron chi connectivity index (χ0n) is 15.3. The molecule has 0 unspecified atom stereocenters. The van der Waals surface area contributed by atoms with Gasteiger partial charge < -0.3 is 15.4 Å². The average Bonchev–Trinajstić information content (AvgIpc) is 2.56. The summed E-state index contributed by atoms with van der Waals surface area (Å²) in [6, 6.07) is 6.59. The van der Waals surface area contributed by atoms with Crippen molar-refractivity contribution < 1.29 is 17.9 Å². The van der Waals surface area contributed by atoms with Gasteiger partial charge in [0.25, 0.3) is 0 Å². The molecule has 1 saturated heterocycles. The Labute approximate surface area is 155 Å². The Hall–Kier alpha value is -1.84. The van der Waals surface area contributed by atoms with Crippen LogP contribution in [0.25, 0.3) is 0 Å². The van der Waals surface area contributed by atoms with Crippen molar-refractivity contribution in [3.63, 3.8) is 0 Å². The van der Waals surface area contributed by atoms with Crippen LogP contribution in [-0.2, 0) is 14.8 Å². The van der Waals surface area contributed by atoms with Gasteiger partial charge in [-0.3, -0.25) is 14.4 Å². The smallest absolute Gasteiger partial charge is 0.241 e. The minimum atomic E-state index is -3.75. The summed E-state index contributed by atoms with van der Waals surface area (Å²) in [5.41, 5.74) is 0.398. The molecular formula is C17H28N4O4S. The third kappa shape index (κ3) is 7.59. The SMILES string of the molecule is CC(C)Oc1ccc(NS(=O)(=O)CC(=O)NCCN2CCNCC2)cc1. The fourth-order valence-electron chi connectivity index (χ4n) is 2.60. The maximum absolute atomic E-state index is 12.1. The Morgan fingerprint density at radius 2 is 1.88 bits per heavy atom. The van der Waals surface area contributed by atoms with Crippen LogP contribution in [-0.4, -0.2) is 70.4 Å². The Morgan fingerprint density at radius 3 is 2.50 bits per heavy atom. The largest absolute Gasteiger partial charge is 0.491 e. The highest BCUT2D eigenvalue weighted by molar-refractivity contribution is 7.93. The number of benzene rings is 1. The minimum Gasteiger partial charge on any atom is -0.491 e. The quantitative estimate of drug-likeness (QED) is 0.564. The number of rotatable bonds is 9. The lowest BCUT2D eigenvalue weighted by atomic mass is 10.3. The number of amides is 1. The predicted molar refractivity (Wildman–Crippen MR) is 102 cm³/mol. The predicted octanol–water partition coefficient (Wildman–Crippen LogP) is 0.237. The van der Waals surface area contributed by atoms with Gasteiger partial charge in [0.2, 0.25) is 15.9 Å². The van der Waals surface area contributed by atoms with Gasteiger partial charge in [-0.05, 0) is 38.1 Å². The molecule has 9 heteroatoms. The number of sulfonamides is 1. The van der Waals surface area contributed by atoms with Crippen molar-refractivity contribution in [2.75, 3.05) is 49.7 Å². The summed E-state index contributed by atoms with van der Waals surface area (Å²) in [7, 11) is -3.75. The van der Waals surface area contributed by atoms with Gasteiger partial charge in [-0.2, -0.15) is 0 Å². The molecule has 1 amide bonds. The molecule has 1 heterocycles. The summed E-state index contributed by atoms with van der Waals surface area (Å²) < 4.78 is 32.1. The number of carbonyl (C=O) groups excluding carboxylic acids is 1. The summed E-state index contributed by atoms with van der Waals surface area (Å²) in [5.74, 6) is -0.445. The fourth-order valence-corrected chi connectivity index (χ4v) is 3.62. The summed E-state index contributed by atoms with van der Waals surface area (Å²) >= 11 is 0. The molecule has 1 fully saturated rings. The monoisotopic (exact) mass is 384 g/mol. The lowest BCUT2D eigenvalue weighted by molar-refractivity contribution is -0.118. The molecule has 26 heavy (non-hydrogen) atoms. The fraction of sp³-hybridized carbons (Fsp3) is 0.588. The highest BCUT2D eigenvalue weighted by Crippen LogP contribution is 2.17. The van der Waals surface area contributed by atoms with Gasteiger partial charge in [0, 0.05) is 45.0 Å². The van der Waals surface area contributed by atoms with Gasteiger partial charge in [-0.15, -0.1) is 0 Å². The summed E-state index contributed by atoms with van der Waals surface area (Å²) in [6.45, 7) is 8.74. The van der Waals surface area contributed by atoms with Crippen LogP contribution < -0.4 is 20.1 Å². The van der Waals surface area contributed by atoms with E-state index in [9.17, 15) is 13.2 Å². The highest BCUT2D eigenvalue weighted by Gasteiger charge is 2.17. The summed E-state index contributed by atoms with van der Waals surface area (Å²) in [6.07, 6.45) is 0.0439. The molecule has 1 aromatic carbocycles. The Bertz CT molecular complexity index is 671. The van der Waals surface area contributed by atoms with Crippen LogP contribution in [0.2, 0.25) is 0 Å². The highest BCUT2D eigenvalue weighted by atomic mass is 32.2. The molecule has 2 rings (SSSR count). The van der Waals surface area contributed by atoms with Crippen LogP contribution in [0.15, 0.2) is 24.3 Å². The molecule has 0 aliphatic carbocycles. The molecule has 1 aliphatic heterocycles. The second-order valence-electron chi connectivity index (χ2n) is 6.49. The Morgan fingerprint density at radius 1 is 1.23 bits per heavy atom. The van der Waals surface area contributed by atoms with Crippen molar-refractivity contribution in [3.8, 4) is 5.75 Å². The Kier molecular flexibility index (Phi) is 7.67. The molecule has 1 aromatic rings. The molecule has 0 aromatic heterocycles. The number of hydrogen-bond acceptors (Lipinski definition) is 6. The molecule has 0 bridgehead atoms. The summed E-state index contributed by atoms with van der Waals surface area (Å²) in [4.78, 5) is 14.1. The third-order valence-corrected chi connectivity index (χ3v) is 4.97. The maximum atomic E-state index is 12.1. The Balaban J connectivity index is 1.75. The van der Waals surface area contributed by atoms with E-state index >= 15 is 0 Å². The molecular weight excluding hydrogens is 356 g/mol. The molecule has 0 saturated carbocycles. The molecule has 3 N–H and O–H groups in total. The zero-order valence-corrected chi connectivity index (χ0v) is 16.1. The van der Waals surface area contributed by atoms with Crippen molar-refractivity contribution >= 4 is 21.6 Å². The number of piperazine rings is 1. The van der Waals surface area contributed by atoms with Crippen LogP contribution in [0.1, 0.15) is 13.8 Å². The van der Waals surface area contributed by atoms with Crippen LogP contribution >= 0.6 is 0 Å². The normalized spacial score (nSPS) is 15.7. The number of ether oxygens (including phenoxy) is 1. The number of carbonyl (C=O) groups is 1. The van der Waals surface area contributed by atoms with Crippen molar-refractivity contribution in [1.29, 1.82) is 0 Å². The molecule has 1 aliphatic rings. The van der Waals surface area contributed by atoms with Gasteiger partial charge in [0.15, 0.2) is 0 Å². The third-order valence-electron chi connectivity index (χ3n) is 3.78. The first-order valence-corrected chi connectivity index (χ1v) is 10.5. The second-order valence-corrected chi connectivity index (χ2v) is 8.22. The van der Waals surface area contributed by atoms with E-state index in [2.05, 4.69) is 20.3 Å². The molecule has 0 radical (unpaired) electrons. The molecule has 146 valence electrons. The van der Waals surface area contributed by atoms with E-state index < -0.39 is 21.7 Å². The van der Waals surface area contributed by atoms with E-state index in [0.717, 1.165) is 32.7 Å². The van der Waals surface area contributed by atoms with Crippen LogP contribution in [0, 0.1) is 0 Å². The first kappa shape index (κ1) is 20.5. The number of nitrogens with zero attached hydrogens (tertiary/aromatic N) is 1. The van der Waals surface area contributed by atoms with Gasteiger partial charge in [0.1, 0.15) is 11.5 Å². The van der Waals surface area contributed by atoms with Crippen molar-refractivity contribution in [3.05, 3.63) is 24.3 Å². The standard InChI is InChI=1S/C17H28N4O4S/c1-14(2)25-16-5-3-15(4-6-16)20-26(23,24)13-17(22)19-9-12-21-10-7-18-8-11-21/h3-6,14,18,20H,7-13H2,1-2H3,(H,19,22). The van der Waals surface area contributed by atoms with E-state index in [4.69, 9.17) is 4.74 Å². The van der Waals surface area contributed by atoms with Crippen LogP contribution in [0.3, 0.4) is 0 Å². The van der Waals surface area contributed by atoms with E-state index in [0.29, 0.717) is 18.0 Å². The second kappa shape index (κ2) is 9.75. The van der Waals surface area contributed by atoms with E-state index in [1.165, 1.54) is 0 Å². The minimum absolute atomic E-state index is 0.0439. The first-order chi connectivity index (χ1) is 12.3. The number of anilines is 1. The maximum Gasteiger partial charge on any atom is 0.241 e. The van der Waals surface area contributed by atoms with Crippen molar-refractivity contribution in [2.24, 2.45) is 0 Å². The van der Waals surface area contributed by atoms with Gasteiger partial charge in [-0.25, -0.2) is 8.42 Å². The molecule has 0 spiro atoms. The zero-order chi connectivity index (χ0) is 19.0. The lowest BCUT2D eigenvalue weighted by Crippen LogP contribution is -2.46. The topological polar surface area (TPSA) is 99.8 Å². The van der Waals surface area contributed by atoms with Gasteiger partial charge >= 0.3 is 0 Å². The molecule has 8 nitrogen and oxygen atoms in total. The number of nitrogens with one attached hydrogen (secondary N) is 3. The molecule has 0 atom stereocenters. The first-order valence-electron chi connectivity index (χ1n) is 8.81. The van der Waals surface area contributed by atoms with E-state index in [-0.39, 0.29) is 6.10 Å². The van der Waals surface area contributed by atoms with E-state index in [1.807, 2.05) is 13.8 Å². The van der Waals surface area contributed by atoms with E-state index in [1.54, 1.807) is 24.3 Å². The lowest BCUT2D eigenvalue weighted by Gasteiger charge is -2.27. The van der Waals surface area contributed by atoms with Gasteiger partial charge in [0.05, 0.1) is 6.10 Å². The number of hydrogen-bond donors (Lipinski definition) is 3. The summed E-state index contributed by atoms with van der Waals surface area (Å²) in [5, 5.41) is 5.92. The van der Waals surface area contributed by atoms with Crippen LogP contribution in [0.5, 0.6) is 5.75 Å². The van der Waals surface area contributed by atoms with Crippen molar-refractivity contribution in [2.45, 2.75) is 20.0 Å². The average molecular weight is 385 g/mol. The van der Waals surface area contributed by atoms with Crippen molar-refractivity contribution in [1.82, 2.24) is 15.5 Å².